The van der Waals surface area contributed by atoms with Gasteiger partial charge in [-0.25, -0.2) is 12.8 Å². The summed E-state index contributed by atoms with van der Waals surface area (Å²) < 4.78 is 40.1. The first-order chi connectivity index (χ1) is 9.70. The number of anilines is 1. The summed E-state index contributed by atoms with van der Waals surface area (Å²) in [5, 5.41) is 9.96. The second-order valence-electron chi connectivity index (χ2n) is 4.99. The molecule has 2 N–H and O–H groups in total. The van der Waals surface area contributed by atoms with Gasteiger partial charge in [0.2, 0.25) is 0 Å². The lowest BCUT2D eigenvalue weighted by Gasteiger charge is -2.13. The van der Waals surface area contributed by atoms with Gasteiger partial charge in [-0.1, -0.05) is 6.07 Å². The molecule has 0 amide bonds. The molecule has 0 radical (unpaired) electrons. The number of phenolic OH excluding ortho intramolecular Hbond substituents is 1. The van der Waals surface area contributed by atoms with E-state index in [1.165, 1.54) is 13.0 Å². The number of nitrogens with one attached hydrogen (secondary N) is 1. The van der Waals surface area contributed by atoms with Gasteiger partial charge in [0.05, 0.1) is 10.6 Å². The molecule has 21 heavy (non-hydrogen) atoms. The Morgan fingerprint density at radius 1 is 1.05 bits per heavy atom. The predicted octanol–water partition coefficient (Wildman–Crippen LogP) is 3.26. The first kappa shape index (κ1) is 15.3. The number of halogens is 1. The van der Waals surface area contributed by atoms with Crippen LogP contribution in [0.15, 0.2) is 35.2 Å². The predicted molar refractivity (Wildman–Crippen MR) is 79.5 cm³/mol. The summed E-state index contributed by atoms with van der Waals surface area (Å²) in [7, 11) is -3.89. The lowest BCUT2D eigenvalue weighted by atomic mass is 10.1. The monoisotopic (exact) mass is 309 g/mol. The average Bonchev–Trinajstić information content (AvgIpc) is 2.34. The van der Waals surface area contributed by atoms with Crippen molar-refractivity contribution in [2.45, 2.75) is 25.7 Å². The van der Waals surface area contributed by atoms with Gasteiger partial charge in [-0.3, -0.25) is 4.72 Å². The number of hydrogen-bond donors (Lipinski definition) is 2. The highest BCUT2D eigenvalue weighted by molar-refractivity contribution is 7.92. The van der Waals surface area contributed by atoms with E-state index >= 15 is 0 Å². The maximum Gasteiger partial charge on any atom is 0.262 e. The van der Waals surface area contributed by atoms with E-state index < -0.39 is 15.8 Å². The van der Waals surface area contributed by atoms with Crippen LogP contribution in [0.3, 0.4) is 0 Å². The quantitative estimate of drug-likeness (QED) is 0.855. The normalized spacial score (nSPS) is 11.4. The molecule has 112 valence electrons. The minimum Gasteiger partial charge on any atom is -0.505 e. The van der Waals surface area contributed by atoms with Crippen molar-refractivity contribution in [2.75, 3.05) is 4.72 Å². The van der Waals surface area contributed by atoms with Crippen LogP contribution in [-0.4, -0.2) is 13.5 Å². The minimum absolute atomic E-state index is 0.0255. The van der Waals surface area contributed by atoms with Gasteiger partial charge in [-0.2, -0.15) is 0 Å². The van der Waals surface area contributed by atoms with Gasteiger partial charge in [0.25, 0.3) is 10.0 Å². The van der Waals surface area contributed by atoms with Gasteiger partial charge in [0, 0.05) is 0 Å². The van der Waals surface area contributed by atoms with Gasteiger partial charge in [0.1, 0.15) is 11.6 Å². The minimum atomic E-state index is -3.89. The Balaban J connectivity index is 2.47. The Labute approximate surface area is 123 Å². The molecule has 0 unspecified atom stereocenters. The first-order valence-corrected chi connectivity index (χ1v) is 7.78. The van der Waals surface area contributed by atoms with E-state index in [9.17, 15) is 17.9 Å². The van der Waals surface area contributed by atoms with Crippen LogP contribution >= 0.6 is 0 Å². The van der Waals surface area contributed by atoms with Crippen molar-refractivity contribution in [3.05, 3.63) is 52.8 Å². The van der Waals surface area contributed by atoms with Gasteiger partial charge >= 0.3 is 0 Å². The molecule has 0 bridgehead atoms. The van der Waals surface area contributed by atoms with Crippen molar-refractivity contribution in [1.29, 1.82) is 0 Å². The zero-order chi connectivity index (χ0) is 15.8. The second kappa shape index (κ2) is 5.37. The Kier molecular flexibility index (Phi) is 3.91. The standard InChI is InChI=1S/C15H16FNO3S/c1-9-6-11(3)15(18)13(7-9)17-21(19,20)14-5-4-12(16)8-10(14)2/h4-8,17-18H,1-3H3. The molecule has 2 aromatic carbocycles. The van der Waals surface area contributed by atoms with E-state index in [1.807, 2.05) is 0 Å². The molecular formula is C15H16FNO3S. The summed E-state index contributed by atoms with van der Waals surface area (Å²) in [4.78, 5) is -0.0255. The first-order valence-electron chi connectivity index (χ1n) is 6.30. The summed E-state index contributed by atoms with van der Waals surface area (Å²) >= 11 is 0. The molecule has 0 aliphatic carbocycles. The van der Waals surface area contributed by atoms with Crippen molar-refractivity contribution in [2.24, 2.45) is 0 Å². The van der Waals surface area contributed by atoms with Crippen LogP contribution in [-0.2, 0) is 10.0 Å². The highest BCUT2D eigenvalue weighted by Crippen LogP contribution is 2.31. The highest BCUT2D eigenvalue weighted by Gasteiger charge is 2.19. The van der Waals surface area contributed by atoms with Crippen molar-refractivity contribution >= 4 is 15.7 Å². The molecule has 0 aromatic heterocycles. The molecule has 0 saturated heterocycles. The molecule has 0 atom stereocenters. The fourth-order valence-electron chi connectivity index (χ4n) is 2.15. The van der Waals surface area contributed by atoms with E-state index in [0.29, 0.717) is 11.1 Å². The lowest BCUT2D eigenvalue weighted by Crippen LogP contribution is -2.14. The fraction of sp³-hybridized carbons (Fsp3) is 0.200. The number of aryl methyl sites for hydroxylation is 3. The van der Waals surface area contributed by atoms with Crippen molar-refractivity contribution in [3.8, 4) is 5.75 Å². The number of phenols is 1. The number of hydrogen-bond acceptors (Lipinski definition) is 3. The van der Waals surface area contributed by atoms with Gasteiger partial charge in [-0.15, -0.1) is 0 Å². The van der Waals surface area contributed by atoms with E-state index in [1.54, 1.807) is 26.0 Å². The number of sulfonamides is 1. The Hall–Kier alpha value is -2.08. The Morgan fingerprint density at radius 3 is 2.33 bits per heavy atom. The maximum atomic E-state index is 13.1. The molecular weight excluding hydrogens is 293 g/mol. The van der Waals surface area contributed by atoms with Crippen molar-refractivity contribution in [3.63, 3.8) is 0 Å². The van der Waals surface area contributed by atoms with E-state index in [-0.39, 0.29) is 16.3 Å². The topological polar surface area (TPSA) is 66.4 Å². The second-order valence-corrected chi connectivity index (χ2v) is 6.64. The number of rotatable bonds is 3. The van der Waals surface area contributed by atoms with Crippen LogP contribution in [0.5, 0.6) is 5.75 Å². The molecule has 0 aliphatic heterocycles. The summed E-state index contributed by atoms with van der Waals surface area (Å²) in [6.07, 6.45) is 0. The molecule has 2 aromatic rings. The van der Waals surface area contributed by atoms with Crippen molar-refractivity contribution < 1.29 is 17.9 Å². The zero-order valence-electron chi connectivity index (χ0n) is 11.9. The van der Waals surface area contributed by atoms with Crippen LogP contribution < -0.4 is 4.72 Å². The third-order valence-corrected chi connectivity index (χ3v) is 4.64. The largest absolute Gasteiger partial charge is 0.505 e. The van der Waals surface area contributed by atoms with Gasteiger partial charge in [0.15, 0.2) is 0 Å². The molecule has 4 nitrogen and oxygen atoms in total. The average molecular weight is 309 g/mol. The Morgan fingerprint density at radius 2 is 1.71 bits per heavy atom. The fourth-order valence-corrected chi connectivity index (χ4v) is 3.44. The lowest BCUT2D eigenvalue weighted by molar-refractivity contribution is 0.473. The summed E-state index contributed by atoms with van der Waals surface area (Å²) in [6, 6.07) is 6.72. The smallest absolute Gasteiger partial charge is 0.262 e. The Bertz CT molecular complexity index is 801. The van der Waals surface area contributed by atoms with Crippen LogP contribution in [0.25, 0.3) is 0 Å². The molecule has 0 heterocycles. The van der Waals surface area contributed by atoms with Crippen molar-refractivity contribution in [1.82, 2.24) is 0 Å². The third-order valence-electron chi connectivity index (χ3n) is 3.12. The van der Waals surface area contributed by atoms with Crippen LogP contribution in [0.1, 0.15) is 16.7 Å². The molecule has 6 heteroatoms. The summed E-state index contributed by atoms with van der Waals surface area (Å²) in [5.41, 5.74) is 1.80. The molecule has 0 fully saturated rings. The zero-order valence-corrected chi connectivity index (χ0v) is 12.8. The summed E-state index contributed by atoms with van der Waals surface area (Å²) in [5.74, 6) is -0.621. The molecule has 2 rings (SSSR count). The molecule has 0 saturated carbocycles. The van der Waals surface area contributed by atoms with Crippen LogP contribution in [0.4, 0.5) is 10.1 Å². The van der Waals surface area contributed by atoms with E-state index in [2.05, 4.69) is 4.72 Å². The molecule has 0 spiro atoms. The summed E-state index contributed by atoms with van der Waals surface area (Å²) in [6.45, 7) is 5.00. The number of benzene rings is 2. The van der Waals surface area contributed by atoms with Gasteiger partial charge in [-0.05, 0) is 61.7 Å². The third kappa shape index (κ3) is 3.16. The van der Waals surface area contributed by atoms with E-state index in [4.69, 9.17) is 0 Å². The SMILES string of the molecule is Cc1cc(C)c(O)c(NS(=O)(=O)c2ccc(F)cc2C)c1. The highest BCUT2D eigenvalue weighted by atomic mass is 32.2. The maximum absolute atomic E-state index is 13.1. The van der Waals surface area contributed by atoms with Crippen LogP contribution in [0, 0.1) is 26.6 Å². The van der Waals surface area contributed by atoms with Crippen LogP contribution in [0.2, 0.25) is 0 Å². The van der Waals surface area contributed by atoms with E-state index in [0.717, 1.165) is 17.7 Å². The van der Waals surface area contributed by atoms with Gasteiger partial charge < -0.3 is 5.11 Å². The molecule has 0 aliphatic rings. The number of aromatic hydroxyl groups is 1.